The largest absolute Gasteiger partial charge is 0.395 e. The van der Waals surface area contributed by atoms with Gasteiger partial charge in [0.2, 0.25) is 11.8 Å². The van der Waals surface area contributed by atoms with Crippen LogP contribution in [0.15, 0.2) is 47.2 Å². The monoisotopic (exact) mass is 536 g/mol. The molecule has 1 aliphatic heterocycles. The Morgan fingerprint density at radius 1 is 1.15 bits per heavy atom. The molecular weight excluding hydrogens is 511 g/mol. The number of fused-ring (bicyclic) bond motifs is 1. The number of carbonyl (C=O) groups is 2. The molecule has 4 aromatic rings. The van der Waals surface area contributed by atoms with Crippen LogP contribution in [0, 0.1) is 5.82 Å². The summed E-state index contributed by atoms with van der Waals surface area (Å²) < 4.78 is 21.0. The Morgan fingerprint density at radius 3 is 2.67 bits per heavy atom. The van der Waals surface area contributed by atoms with E-state index in [1.165, 1.54) is 23.9 Å². The molecule has 5 N–H and O–H groups in total. The highest BCUT2D eigenvalue weighted by Gasteiger charge is 2.52. The van der Waals surface area contributed by atoms with Crippen LogP contribution in [-0.2, 0) is 21.5 Å². The Balaban J connectivity index is 1.61. The fourth-order valence-electron chi connectivity index (χ4n) is 4.34. The fourth-order valence-corrected chi connectivity index (χ4v) is 4.34. The van der Waals surface area contributed by atoms with E-state index in [-0.39, 0.29) is 61.6 Å². The first-order valence-corrected chi connectivity index (χ1v) is 12.1. The van der Waals surface area contributed by atoms with Crippen molar-refractivity contribution in [3.8, 4) is 22.9 Å². The molecule has 0 saturated carbocycles. The summed E-state index contributed by atoms with van der Waals surface area (Å²) in [6.45, 7) is 1.01. The molecule has 14 heteroatoms. The highest BCUT2D eigenvalue weighted by atomic mass is 19.1. The quantitative estimate of drug-likeness (QED) is 0.183. The van der Waals surface area contributed by atoms with Gasteiger partial charge in [-0.15, -0.1) is 0 Å². The predicted octanol–water partition coefficient (Wildman–Crippen LogP) is 0.905. The van der Waals surface area contributed by atoms with Gasteiger partial charge in [0.15, 0.2) is 11.2 Å². The summed E-state index contributed by atoms with van der Waals surface area (Å²) in [7, 11) is 0. The summed E-state index contributed by atoms with van der Waals surface area (Å²) in [4.78, 5) is 35.1. The third-order valence-corrected chi connectivity index (χ3v) is 6.34. The lowest BCUT2D eigenvalue weighted by molar-refractivity contribution is -0.133. The van der Waals surface area contributed by atoms with E-state index in [4.69, 9.17) is 9.63 Å². The topological polar surface area (TPSA) is 180 Å². The standard InChI is InChI=1S/C25H25FN8O5/c1-25(23(37)28-8-10-36)19-21(27-7-9-35)29-20(30-22(19)31-24(25)38)17-12-18(16-6-11-39-33-16)34(32-17)13-14-4-2-3-5-15(14)26/h2-6,11-12,35-36H,7-10,13H2,1H3,(H,28,37)(H2,27,29,30,31,38). The van der Waals surface area contributed by atoms with Gasteiger partial charge in [0, 0.05) is 24.7 Å². The minimum atomic E-state index is -1.70. The fraction of sp³-hybridized carbons (Fsp3) is 0.280. The van der Waals surface area contributed by atoms with E-state index in [0.717, 1.165) is 0 Å². The van der Waals surface area contributed by atoms with E-state index in [9.17, 15) is 19.1 Å². The number of hydrogen-bond acceptors (Lipinski definition) is 10. The van der Waals surface area contributed by atoms with E-state index in [0.29, 0.717) is 17.0 Å². The Kier molecular flexibility index (Phi) is 7.04. The number of rotatable bonds is 10. The van der Waals surface area contributed by atoms with Gasteiger partial charge in [-0.1, -0.05) is 23.4 Å². The van der Waals surface area contributed by atoms with Gasteiger partial charge in [0.05, 0.1) is 31.0 Å². The summed E-state index contributed by atoms with van der Waals surface area (Å²) in [5.74, 6) is -1.31. The van der Waals surface area contributed by atoms with Gasteiger partial charge in [-0.25, -0.2) is 14.4 Å². The molecule has 1 aliphatic rings. The second-order valence-corrected chi connectivity index (χ2v) is 8.88. The van der Waals surface area contributed by atoms with E-state index in [2.05, 4.69) is 36.2 Å². The van der Waals surface area contributed by atoms with E-state index < -0.39 is 23.0 Å². The summed E-state index contributed by atoms with van der Waals surface area (Å²) in [5, 5.41) is 35.2. The number of aliphatic hydroxyl groups excluding tert-OH is 2. The van der Waals surface area contributed by atoms with E-state index >= 15 is 0 Å². The predicted molar refractivity (Wildman–Crippen MR) is 136 cm³/mol. The van der Waals surface area contributed by atoms with Gasteiger partial charge in [-0.05, 0) is 19.1 Å². The van der Waals surface area contributed by atoms with Crippen molar-refractivity contribution in [2.45, 2.75) is 18.9 Å². The van der Waals surface area contributed by atoms with Crippen molar-refractivity contribution in [1.82, 2.24) is 30.2 Å². The molecular formula is C25H25FN8O5. The van der Waals surface area contributed by atoms with Crippen molar-refractivity contribution in [2.24, 2.45) is 0 Å². The molecule has 0 bridgehead atoms. The zero-order valence-corrected chi connectivity index (χ0v) is 20.8. The van der Waals surface area contributed by atoms with Crippen LogP contribution in [-0.4, -0.2) is 73.2 Å². The molecule has 5 rings (SSSR count). The highest BCUT2D eigenvalue weighted by Crippen LogP contribution is 2.42. The van der Waals surface area contributed by atoms with Crippen molar-refractivity contribution < 1.29 is 28.7 Å². The average Bonchev–Trinajstić information content (AvgIpc) is 3.66. The Morgan fingerprint density at radius 2 is 1.95 bits per heavy atom. The maximum atomic E-state index is 14.4. The molecule has 0 spiro atoms. The second-order valence-electron chi connectivity index (χ2n) is 8.88. The van der Waals surface area contributed by atoms with Gasteiger partial charge in [-0.3, -0.25) is 14.3 Å². The van der Waals surface area contributed by atoms with Crippen LogP contribution in [0.5, 0.6) is 0 Å². The number of aromatic nitrogens is 5. The molecule has 202 valence electrons. The van der Waals surface area contributed by atoms with Crippen LogP contribution in [0.25, 0.3) is 22.9 Å². The maximum absolute atomic E-state index is 14.4. The lowest BCUT2D eigenvalue weighted by Crippen LogP contribution is -2.48. The SMILES string of the molecule is CC1(C(=O)NCCO)C(=O)Nc2nc(-c3cc(-c4ccon4)n(Cc4ccccc4F)n3)nc(NCCO)c21. The minimum absolute atomic E-state index is 0.0420. The Bertz CT molecular complexity index is 1520. The van der Waals surface area contributed by atoms with Crippen LogP contribution >= 0.6 is 0 Å². The van der Waals surface area contributed by atoms with E-state index in [1.807, 2.05) is 0 Å². The van der Waals surface area contributed by atoms with Gasteiger partial charge in [0.1, 0.15) is 35.1 Å². The third-order valence-electron chi connectivity index (χ3n) is 6.34. The summed E-state index contributed by atoms with van der Waals surface area (Å²) >= 11 is 0. The molecule has 0 aliphatic carbocycles. The van der Waals surface area contributed by atoms with Crippen molar-refractivity contribution in [1.29, 1.82) is 0 Å². The number of carbonyl (C=O) groups excluding carboxylic acids is 2. The number of aliphatic hydroxyl groups is 2. The van der Waals surface area contributed by atoms with Crippen LogP contribution in [0.1, 0.15) is 18.1 Å². The van der Waals surface area contributed by atoms with Crippen LogP contribution < -0.4 is 16.0 Å². The molecule has 13 nitrogen and oxygen atoms in total. The van der Waals surface area contributed by atoms with E-state index in [1.54, 1.807) is 30.3 Å². The van der Waals surface area contributed by atoms with Gasteiger partial charge in [0.25, 0.3) is 0 Å². The highest BCUT2D eigenvalue weighted by molar-refractivity contribution is 6.21. The normalized spacial score (nSPS) is 16.2. The smallest absolute Gasteiger partial charge is 0.245 e. The zero-order chi connectivity index (χ0) is 27.6. The summed E-state index contributed by atoms with van der Waals surface area (Å²) in [5.41, 5.74) is 0.139. The first-order chi connectivity index (χ1) is 18.9. The molecule has 1 aromatic carbocycles. The van der Waals surface area contributed by atoms with Crippen LogP contribution in [0.4, 0.5) is 16.0 Å². The number of nitrogens with zero attached hydrogens (tertiary/aromatic N) is 5. The molecule has 1 atom stereocenters. The lowest BCUT2D eigenvalue weighted by atomic mass is 9.83. The summed E-state index contributed by atoms with van der Waals surface area (Å²) in [6, 6.07) is 9.60. The Labute approximate surface area is 221 Å². The number of halogens is 1. The number of hydrogen-bond donors (Lipinski definition) is 5. The number of amides is 2. The number of benzene rings is 1. The number of nitrogens with one attached hydrogen (secondary N) is 3. The zero-order valence-electron chi connectivity index (χ0n) is 20.8. The first kappa shape index (κ1) is 25.9. The Hall–Kier alpha value is -4.69. The molecule has 2 amide bonds. The van der Waals surface area contributed by atoms with Crippen molar-refractivity contribution in [3.63, 3.8) is 0 Å². The van der Waals surface area contributed by atoms with Crippen molar-refractivity contribution in [2.75, 3.05) is 36.9 Å². The molecule has 3 aromatic heterocycles. The van der Waals surface area contributed by atoms with Gasteiger partial charge < -0.3 is 30.7 Å². The van der Waals surface area contributed by atoms with Gasteiger partial charge in [-0.2, -0.15) is 5.10 Å². The second kappa shape index (κ2) is 10.6. The van der Waals surface area contributed by atoms with Crippen LogP contribution in [0.3, 0.4) is 0 Å². The average molecular weight is 537 g/mol. The van der Waals surface area contributed by atoms with Crippen molar-refractivity contribution in [3.05, 3.63) is 59.6 Å². The van der Waals surface area contributed by atoms with Gasteiger partial charge >= 0.3 is 0 Å². The molecule has 0 fully saturated rings. The maximum Gasteiger partial charge on any atom is 0.245 e. The number of anilines is 2. The molecule has 1 unspecified atom stereocenters. The van der Waals surface area contributed by atoms with Crippen LogP contribution in [0.2, 0.25) is 0 Å². The summed E-state index contributed by atoms with van der Waals surface area (Å²) in [6.07, 6.45) is 1.40. The third kappa shape index (κ3) is 4.70. The molecule has 0 saturated heterocycles. The minimum Gasteiger partial charge on any atom is -0.395 e. The van der Waals surface area contributed by atoms with Crippen molar-refractivity contribution >= 4 is 23.5 Å². The first-order valence-electron chi connectivity index (χ1n) is 12.1. The lowest BCUT2D eigenvalue weighted by Gasteiger charge is -2.23. The molecule has 4 heterocycles. The molecule has 0 radical (unpaired) electrons. The molecule has 39 heavy (non-hydrogen) atoms.